The fourth-order valence-electron chi connectivity index (χ4n) is 1.78. The lowest BCUT2D eigenvalue weighted by atomic mass is 10.1. The first-order chi connectivity index (χ1) is 7.36. The van der Waals surface area contributed by atoms with Crippen LogP contribution >= 0.6 is 22.9 Å². The van der Waals surface area contributed by atoms with Crippen molar-refractivity contribution in [2.75, 3.05) is 0 Å². The number of thiophene rings is 1. The summed E-state index contributed by atoms with van der Waals surface area (Å²) in [5, 5.41) is 3.23. The zero-order valence-corrected chi connectivity index (χ0v) is 9.40. The van der Waals surface area contributed by atoms with Crippen molar-refractivity contribution in [2.24, 2.45) is 0 Å². The topological polar surface area (TPSA) is 15.8 Å². The van der Waals surface area contributed by atoms with Crippen LogP contribution in [0.1, 0.15) is 0 Å². The van der Waals surface area contributed by atoms with Gasteiger partial charge >= 0.3 is 0 Å². The van der Waals surface area contributed by atoms with E-state index in [1.807, 2.05) is 23.7 Å². The molecule has 0 saturated heterocycles. The maximum Gasteiger partial charge on any atom is 0.101 e. The predicted molar refractivity (Wildman–Crippen MR) is 66.6 cm³/mol. The van der Waals surface area contributed by atoms with Crippen molar-refractivity contribution >= 4 is 33.8 Å². The number of aromatic amines is 1. The Kier molecular flexibility index (Phi) is 2.04. The fraction of sp³-hybridized carbons (Fsp3) is 0. The number of rotatable bonds is 1. The highest BCUT2D eigenvalue weighted by atomic mass is 35.5. The van der Waals surface area contributed by atoms with Crippen LogP contribution in [0.4, 0.5) is 0 Å². The molecule has 1 N–H and O–H groups in total. The first kappa shape index (κ1) is 9.01. The lowest BCUT2D eigenvalue weighted by molar-refractivity contribution is 1.48. The molecule has 0 atom stereocenters. The van der Waals surface area contributed by atoms with E-state index in [1.165, 1.54) is 10.9 Å². The summed E-state index contributed by atoms with van der Waals surface area (Å²) >= 11 is 7.70. The molecule has 0 aliphatic rings. The Labute approximate surface area is 96.3 Å². The molecule has 1 nitrogen and oxygen atoms in total. The van der Waals surface area contributed by atoms with Crippen LogP contribution < -0.4 is 0 Å². The van der Waals surface area contributed by atoms with Gasteiger partial charge < -0.3 is 4.98 Å². The molecule has 0 spiro atoms. The Morgan fingerprint density at radius 2 is 1.93 bits per heavy atom. The molecule has 0 fully saturated rings. The second kappa shape index (κ2) is 3.40. The molecule has 15 heavy (non-hydrogen) atoms. The van der Waals surface area contributed by atoms with Crippen LogP contribution in [0.3, 0.4) is 0 Å². The third kappa shape index (κ3) is 1.37. The van der Waals surface area contributed by atoms with E-state index in [1.54, 1.807) is 11.3 Å². The highest BCUT2D eigenvalue weighted by Gasteiger charge is 2.09. The second-order valence-corrected chi connectivity index (χ2v) is 4.87. The molecule has 2 heterocycles. The zero-order valence-electron chi connectivity index (χ0n) is 7.83. The van der Waals surface area contributed by atoms with Gasteiger partial charge in [0.05, 0.1) is 0 Å². The van der Waals surface area contributed by atoms with Crippen molar-refractivity contribution < 1.29 is 0 Å². The number of para-hydroxylation sites is 1. The fourth-order valence-corrected chi connectivity index (χ4v) is 2.73. The minimum atomic E-state index is 0.847. The van der Waals surface area contributed by atoms with E-state index in [4.69, 9.17) is 11.6 Å². The van der Waals surface area contributed by atoms with Gasteiger partial charge in [0, 0.05) is 28.2 Å². The molecule has 0 amide bonds. The maximum absolute atomic E-state index is 6.14. The van der Waals surface area contributed by atoms with Gasteiger partial charge in [-0.05, 0) is 17.5 Å². The summed E-state index contributed by atoms with van der Waals surface area (Å²) in [6.07, 6.45) is 2.01. The Morgan fingerprint density at radius 3 is 2.73 bits per heavy atom. The number of halogens is 1. The van der Waals surface area contributed by atoms with Gasteiger partial charge in [-0.25, -0.2) is 0 Å². The van der Waals surface area contributed by atoms with E-state index in [0.717, 1.165) is 15.4 Å². The predicted octanol–water partition coefficient (Wildman–Crippen LogP) is 4.55. The molecule has 1 aromatic carbocycles. The molecule has 2 aromatic heterocycles. The lowest BCUT2D eigenvalue weighted by Gasteiger charge is -1.95. The van der Waals surface area contributed by atoms with Crippen LogP contribution in [0.2, 0.25) is 4.34 Å². The number of aromatic nitrogens is 1. The molecule has 3 heteroatoms. The largest absolute Gasteiger partial charge is 0.361 e. The van der Waals surface area contributed by atoms with Gasteiger partial charge in [-0.3, -0.25) is 0 Å². The molecule has 74 valence electrons. The molecular weight excluding hydrogens is 226 g/mol. The average molecular weight is 234 g/mol. The SMILES string of the molecule is Clc1sccc1-c1c[nH]c2ccccc12. The maximum atomic E-state index is 6.14. The van der Waals surface area contributed by atoms with Crippen molar-refractivity contribution in [3.05, 3.63) is 46.2 Å². The molecule has 0 aliphatic carbocycles. The van der Waals surface area contributed by atoms with E-state index in [2.05, 4.69) is 23.2 Å². The average Bonchev–Trinajstić information content (AvgIpc) is 2.83. The highest BCUT2D eigenvalue weighted by molar-refractivity contribution is 7.15. The Balaban J connectivity index is 2.32. The third-order valence-corrected chi connectivity index (χ3v) is 3.67. The summed E-state index contributed by atoms with van der Waals surface area (Å²) in [6.45, 7) is 0. The van der Waals surface area contributed by atoms with Crippen LogP contribution in [-0.4, -0.2) is 4.98 Å². The quantitative estimate of drug-likeness (QED) is 0.635. The summed E-state index contributed by atoms with van der Waals surface area (Å²) in [4.78, 5) is 3.25. The second-order valence-electron chi connectivity index (χ2n) is 3.36. The normalized spacial score (nSPS) is 11.0. The lowest BCUT2D eigenvalue weighted by Crippen LogP contribution is -1.70. The molecule has 3 aromatic rings. The number of fused-ring (bicyclic) bond motifs is 1. The monoisotopic (exact) mass is 233 g/mol. The van der Waals surface area contributed by atoms with Gasteiger partial charge in [0.15, 0.2) is 0 Å². The number of hydrogen-bond acceptors (Lipinski definition) is 1. The van der Waals surface area contributed by atoms with Gasteiger partial charge in [-0.1, -0.05) is 29.8 Å². The van der Waals surface area contributed by atoms with Crippen molar-refractivity contribution in [1.29, 1.82) is 0 Å². The van der Waals surface area contributed by atoms with Crippen LogP contribution in [0.25, 0.3) is 22.0 Å². The smallest absolute Gasteiger partial charge is 0.101 e. The molecule has 0 radical (unpaired) electrons. The molecule has 0 unspecified atom stereocenters. The van der Waals surface area contributed by atoms with E-state index < -0.39 is 0 Å². The van der Waals surface area contributed by atoms with Gasteiger partial charge in [0.25, 0.3) is 0 Å². The van der Waals surface area contributed by atoms with E-state index in [0.29, 0.717) is 0 Å². The summed E-state index contributed by atoms with van der Waals surface area (Å²) < 4.78 is 0.847. The molecule has 0 saturated carbocycles. The van der Waals surface area contributed by atoms with Crippen molar-refractivity contribution in [1.82, 2.24) is 4.98 Å². The van der Waals surface area contributed by atoms with E-state index >= 15 is 0 Å². The Morgan fingerprint density at radius 1 is 1.07 bits per heavy atom. The summed E-state index contributed by atoms with van der Waals surface area (Å²) in [5.41, 5.74) is 3.44. The van der Waals surface area contributed by atoms with Gasteiger partial charge in [-0.15, -0.1) is 11.3 Å². The number of benzene rings is 1. The molecule has 0 bridgehead atoms. The zero-order chi connectivity index (χ0) is 10.3. The first-order valence-electron chi connectivity index (χ1n) is 4.66. The van der Waals surface area contributed by atoms with Gasteiger partial charge in [-0.2, -0.15) is 0 Å². The summed E-state index contributed by atoms with van der Waals surface area (Å²) in [7, 11) is 0. The van der Waals surface area contributed by atoms with Gasteiger partial charge in [0.2, 0.25) is 0 Å². The van der Waals surface area contributed by atoms with Crippen molar-refractivity contribution in [2.45, 2.75) is 0 Å². The number of hydrogen-bond donors (Lipinski definition) is 1. The van der Waals surface area contributed by atoms with E-state index in [9.17, 15) is 0 Å². The summed E-state index contributed by atoms with van der Waals surface area (Å²) in [5.74, 6) is 0. The molecular formula is C12H8ClNS. The van der Waals surface area contributed by atoms with Crippen LogP contribution in [0.5, 0.6) is 0 Å². The molecule has 3 rings (SSSR count). The van der Waals surface area contributed by atoms with Crippen LogP contribution in [-0.2, 0) is 0 Å². The van der Waals surface area contributed by atoms with Crippen LogP contribution in [0, 0.1) is 0 Å². The van der Waals surface area contributed by atoms with Crippen molar-refractivity contribution in [3.8, 4) is 11.1 Å². The Hall–Kier alpha value is -1.25. The number of nitrogens with one attached hydrogen (secondary N) is 1. The van der Waals surface area contributed by atoms with Crippen molar-refractivity contribution in [3.63, 3.8) is 0 Å². The highest BCUT2D eigenvalue weighted by Crippen LogP contribution is 2.36. The van der Waals surface area contributed by atoms with Gasteiger partial charge in [0.1, 0.15) is 4.34 Å². The Bertz CT molecular complexity index is 609. The minimum absolute atomic E-state index is 0.847. The third-order valence-electron chi connectivity index (χ3n) is 2.50. The number of H-pyrrole nitrogens is 1. The first-order valence-corrected chi connectivity index (χ1v) is 5.91. The van der Waals surface area contributed by atoms with E-state index in [-0.39, 0.29) is 0 Å². The van der Waals surface area contributed by atoms with Crippen LogP contribution in [0.15, 0.2) is 41.9 Å². The summed E-state index contributed by atoms with van der Waals surface area (Å²) in [6, 6.07) is 10.3. The standard InChI is InChI=1S/C12H8ClNS/c13-12-9(5-6-15-12)10-7-14-11-4-2-1-3-8(10)11/h1-7,14H. The minimum Gasteiger partial charge on any atom is -0.361 e. The molecule has 0 aliphatic heterocycles.